The number of benzene rings is 1. The molecule has 118 valence electrons. The smallest absolute Gasteiger partial charge is 0.317 e. The number of aliphatic carboxylic acids is 1. The Labute approximate surface area is 128 Å². The topological polar surface area (TPSA) is 68.2 Å². The van der Waals surface area contributed by atoms with Crippen LogP contribution in [0.25, 0.3) is 0 Å². The Morgan fingerprint density at radius 3 is 2.95 bits per heavy atom. The summed E-state index contributed by atoms with van der Waals surface area (Å²) in [5.74, 6) is 1.45. The number of carboxylic acid groups (broad SMARTS) is 1. The molecule has 0 amide bonds. The predicted octanol–water partition coefficient (Wildman–Crippen LogP) is 1.31. The Hall–Kier alpha value is -1.95. The Morgan fingerprint density at radius 2 is 2.09 bits per heavy atom. The number of nitrogens with zero attached hydrogens (tertiary/aromatic N) is 1. The molecule has 3 aliphatic rings. The van der Waals surface area contributed by atoms with Gasteiger partial charge in [0.05, 0.1) is 6.54 Å². The molecule has 1 atom stereocenters. The zero-order valence-corrected chi connectivity index (χ0v) is 12.3. The van der Waals surface area contributed by atoms with Crippen LogP contribution in [0.5, 0.6) is 17.2 Å². The van der Waals surface area contributed by atoms with Gasteiger partial charge in [-0.3, -0.25) is 9.69 Å². The molecule has 1 fully saturated rings. The molecule has 1 spiro atoms. The number of fused-ring (bicyclic) bond motifs is 3. The van der Waals surface area contributed by atoms with Gasteiger partial charge >= 0.3 is 5.97 Å². The second-order valence-electron chi connectivity index (χ2n) is 6.22. The molecule has 1 aromatic carbocycles. The molecule has 1 saturated heterocycles. The number of aryl methyl sites for hydroxylation is 1. The summed E-state index contributed by atoms with van der Waals surface area (Å²) in [4.78, 5) is 12.8. The lowest BCUT2D eigenvalue weighted by molar-refractivity contribution is -0.138. The van der Waals surface area contributed by atoms with Crippen molar-refractivity contribution in [2.75, 3.05) is 32.8 Å². The van der Waals surface area contributed by atoms with Crippen LogP contribution in [-0.2, 0) is 11.2 Å². The zero-order valence-electron chi connectivity index (χ0n) is 12.3. The fourth-order valence-corrected chi connectivity index (χ4v) is 3.61. The Morgan fingerprint density at radius 1 is 1.23 bits per heavy atom. The van der Waals surface area contributed by atoms with Crippen molar-refractivity contribution in [3.63, 3.8) is 0 Å². The number of ether oxygens (including phenoxy) is 3. The minimum absolute atomic E-state index is 0.0739. The second-order valence-corrected chi connectivity index (χ2v) is 6.22. The number of hydrogen-bond donors (Lipinski definition) is 1. The van der Waals surface area contributed by atoms with Gasteiger partial charge in [0.1, 0.15) is 18.8 Å². The average molecular weight is 305 g/mol. The van der Waals surface area contributed by atoms with Gasteiger partial charge in [-0.1, -0.05) is 6.07 Å². The highest BCUT2D eigenvalue weighted by molar-refractivity contribution is 5.69. The summed E-state index contributed by atoms with van der Waals surface area (Å²) in [6.45, 7) is 2.58. The molecule has 1 unspecified atom stereocenters. The minimum Gasteiger partial charge on any atom is -0.486 e. The van der Waals surface area contributed by atoms with Crippen LogP contribution < -0.4 is 14.2 Å². The van der Waals surface area contributed by atoms with Crippen LogP contribution >= 0.6 is 0 Å². The van der Waals surface area contributed by atoms with E-state index in [1.54, 1.807) is 0 Å². The first-order valence-corrected chi connectivity index (χ1v) is 7.70. The number of hydrogen-bond acceptors (Lipinski definition) is 5. The maximum Gasteiger partial charge on any atom is 0.317 e. The van der Waals surface area contributed by atoms with E-state index in [0.29, 0.717) is 25.5 Å². The quantitative estimate of drug-likeness (QED) is 0.888. The lowest BCUT2D eigenvalue weighted by Crippen LogP contribution is -2.43. The molecule has 0 radical (unpaired) electrons. The van der Waals surface area contributed by atoms with Crippen molar-refractivity contribution < 1.29 is 24.1 Å². The van der Waals surface area contributed by atoms with Crippen LogP contribution in [-0.4, -0.2) is 54.4 Å². The lowest BCUT2D eigenvalue weighted by atomic mass is 9.90. The fourth-order valence-electron chi connectivity index (χ4n) is 3.61. The van der Waals surface area contributed by atoms with Crippen molar-refractivity contribution in [2.24, 2.45) is 0 Å². The van der Waals surface area contributed by atoms with Crippen LogP contribution in [0, 0.1) is 0 Å². The van der Waals surface area contributed by atoms with Gasteiger partial charge in [-0.25, -0.2) is 0 Å². The molecule has 1 aromatic rings. The standard InChI is InChI=1S/C16H19NO5/c18-13(19)9-17-6-5-16(10-17)4-3-11-1-2-12-15(14(11)22-16)21-8-7-20-12/h1-2H,3-10H2,(H,18,19). The molecule has 1 N–H and O–H groups in total. The van der Waals surface area contributed by atoms with E-state index in [-0.39, 0.29) is 12.1 Å². The van der Waals surface area contributed by atoms with Crippen LogP contribution in [0.2, 0.25) is 0 Å². The van der Waals surface area contributed by atoms with E-state index in [1.165, 1.54) is 0 Å². The van der Waals surface area contributed by atoms with Crippen molar-refractivity contribution in [3.8, 4) is 17.2 Å². The monoisotopic (exact) mass is 305 g/mol. The maximum absolute atomic E-state index is 10.9. The molecule has 0 aromatic heterocycles. The maximum atomic E-state index is 10.9. The molecule has 6 heteroatoms. The van der Waals surface area contributed by atoms with Gasteiger partial charge in [0.25, 0.3) is 0 Å². The van der Waals surface area contributed by atoms with E-state index in [2.05, 4.69) is 0 Å². The first kappa shape index (κ1) is 13.7. The van der Waals surface area contributed by atoms with E-state index in [4.69, 9.17) is 19.3 Å². The third-order valence-electron chi connectivity index (χ3n) is 4.67. The van der Waals surface area contributed by atoms with Crippen molar-refractivity contribution in [2.45, 2.75) is 24.9 Å². The van der Waals surface area contributed by atoms with E-state index in [0.717, 1.165) is 42.9 Å². The van der Waals surface area contributed by atoms with E-state index in [9.17, 15) is 4.79 Å². The van der Waals surface area contributed by atoms with Gasteiger partial charge in [0, 0.05) is 19.5 Å². The molecule has 3 heterocycles. The number of rotatable bonds is 2. The van der Waals surface area contributed by atoms with Crippen LogP contribution in [0.4, 0.5) is 0 Å². The number of carbonyl (C=O) groups is 1. The summed E-state index contributed by atoms with van der Waals surface area (Å²) >= 11 is 0. The third kappa shape index (κ3) is 2.27. The van der Waals surface area contributed by atoms with Gasteiger partial charge in [-0.2, -0.15) is 0 Å². The van der Waals surface area contributed by atoms with Gasteiger partial charge in [-0.15, -0.1) is 0 Å². The molecular formula is C16H19NO5. The summed E-state index contributed by atoms with van der Waals surface area (Å²) in [6.07, 6.45) is 2.69. The van der Waals surface area contributed by atoms with Crippen molar-refractivity contribution in [3.05, 3.63) is 17.7 Å². The van der Waals surface area contributed by atoms with E-state index >= 15 is 0 Å². The fraction of sp³-hybridized carbons (Fsp3) is 0.562. The summed E-state index contributed by atoms with van der Waals surface area (Å²) in [7, 11) is 0. The first-order valence-electron chi connectivity index (χ1n) is 7.70. The molecule has 0 saturated carbocycles. The van der Waals surface area contributed by atoms with Crippen LogP contribution in [0.1, 0.15) is 18.4 Å². The van der Waals surface area contributed by atoms with Crippen molar-refractivity contribution in [1.29, 1.82) is 0 Å². The Balaban J connectivity index is 1.60. The highest BCUT2D eigenvalue weighted by Crippen LogP contribution is 2.48. The molecule has 3 aliphatic heterocycles. The van der Waals surface area contributed by atoms with Crippen LogP contribution in [0.3, 0.4) is 0 Å². The normalized spacial score (nSPS) is 26.5. The van der Waals surface area contributed by atoms with Gasteiger partial charge < -0.3 is 19.3 Å². The molecule has 0 bridgehead atoms. The molecule has 6 nitrogen and oxygen atoms in total. The first-order chi connectivity index (χ1) is 10.7. The third-order valence-corrected chi connectivity index (χ3v) is 4.67. The average Bonchev–Trinajstić information content (AvgIpc) is 2.89. The second kappa shape index (κ2) is 5.05. The number of carboxylic acids is 1. The molecule has 4 rings (SSSR count). The van der Waals surface area contributed by atoms with E-state index < -0.39 is 5.97 Å². The molecule has 0 aliphatic carbocycles. The Bertz CT molecular complexity index is 617. The molecular weight excluding hydrogens is 286 g/mol. The largest absolute Gasteiger partial charge is 0.486 e. The zero-order chi connectivity index (χ0) is 15.2. The summed E-state index contributed by atoms with van der Waals surface area (Å²) in [5, 5.41) is 8.96. The Kier molecular flexibility index (Phi) is 3.14. The minimum atomic E-state index is -0.789. The summed E-state index contributed by atoms with van der Waals surface area (Å²) < 4.78 is 17.7. The molecule has 22 heavy (non-hydrogen) atoms. The van der Waals surface area contributed by atoms with Gasteiger partial charge in [0.15, 0.2) is 11.5 Å². The lowest BCUT2D eigenvalue weighted by Gasteiger charge is -2.37. The van der Waals surface area contributed by atoms with Gasteiger partial charge in [-0.05, 0) is 24.5 Å². The van der Waals surface area contributed by atoms with Crippen molar-refractivity contribution >= 4 is 5.97 Å². The predicted molar refractivity (Wildman–Crippen MR) is 77.8 cm³/mol. The highest BCUT2D eigenvalue weighted by atomic mass is 16.6. The van der Waals surface area contributed by atoms with Crippen molar-refractivity contribution in [1.82, 2.24) is 4.90 Å². The van der Waals surface area contributed by atoms with Gasteiger partial charge in [0.2, 0.25) is 5.75 Å². The number of likely N-dealkylation sites (tertiary alicyclic amines) is 1. The summed E-state index contributed by atoms with van der Waals surface area (Å²) in [6, 6.07) is 3.99. The summed E-state index contributed by atoms with van der Waals surface area (Å²) in [5.41, 5.74) is 0.852. The SMILES string of the molecule is O=C(O)CN1CCC2(CCc3ccc4c(c3O2)OCCO4)C1. The van der Waals surface area contributed by atoms with Crippen LogP contribution in [0.15, 0.2) is 12.1 Å². The van der Waals surface area contributed by atoms with E-state index in [1.807, 2.05) is 17.0 Å². The highest BCUT2D eigenvalue weighted by Gasteiger charge is 2.44.